The van der Waals surface area contributed by atoms with Gasteiger partial charge in [-0.15, -0.1) is 0 Å². The number of aryl methyl sites for hydroxylation is 11. The van der Waals surface area contributed by atoms with E-state index in [4.69, 9.17) is 41.5 Å². The number of benzene rings is 12. The molecule has 6 aliphatic heterocycles. The molecule has 0 spiro atoms. The third-order valence-corrected chi connectivity index (χ3v) is 26.0. The average molecular weight is 1820 g/mol. The maximum absolute atomic E-state index is 13.6. The van der Waals surface area contributed by atoms with Crippen molar-refractivity contribution in [3.8, 4) is 0 Å². The third-order valence-electron chi connectivity index (χ3n) is 25.6. The summed E-state index contributed by atoms with van der Waals surface area (Å²) in [6.45, 7) is 17.0. The van der Waals surface area contributed by atoms with Crippen LogP contribution in [0.25, 0.3) is 66.2 Å². The molecule has 12 heterocycles. The lowest BCUT2D eigenvalue weighted by atomic mass is 9.85. The van der Waals surface area contributed by atoms with Crippen molar-refractivity contribution in [1.29, 1.82) is 0 Å². The van der Waals surface area contributed by atoms with Gasteiger partial charge in [0.2, 0.25) is 0 Å². The largest absolute Gasteiger partial charge is 0.257 e. The summed E-state index contributed by atoms with van der Waals surface area (Å²) >= 11 is 6.18. The first kappa shape index (κ1) is 91.1. The molecule has 24 rings (SSSR count). The van der Waals surface area contributed by atoms with E-state index in [1.54, 1.807) is 6.92 Å². The van der Waals surface area contributed by atoms with Gasteiger partial charge in [0.05, 0.1) is 134 Å². The van der Waals surface area contributed by atoms with Crippen molar-refractivity contribution < 1.29 is 4.39 Å². The van der Waals surface area contributed by atoms with Gasteiger partial charge >= 0.3 is 0 Å². The fourth-order valence-electron chi connectivity index (χ4n) is 17.9. The number of aliphatic imine (C=N–C) groups is 6. The van der Waals surface area contributed by atoms with Crippen molar-refractivity contribution in [3.05, 3.63) is 392 Å². The lowest BCUT2D eigenvalue weighted by molar-refractivity contribution is 0.590. The highest BCUT2D eigenvalue weighted by Gasteiger charge is 2.25. The van der Waals surface area contributed by atoms with Crippen LogP contribution in [0, 0.1) is 40.4 Å². The lowest BCUT2D eigenvalue weighted by Gasteiger charge is -2.19. The number of hydrogen-bond donors (Lipinski definition) is 0. The van der Waals surface area contributed by atoms with Crippen LogP contribution in [0.3, 0.4) is 0 Å². The summed E-state index contributed by atoms with van der Waals surface area (Å²) in [6.07, 6.45) is 27.5. The summed E-state index contributed by atoms with van der Waals surface area (Å²) in [5.74, 6) is -0.186. The van der Waals surface area contributed by atoms with E-state index in [0.717, 1.165) is 272 Å². The van der Waals surface area contributed by atoms with Gasteiger partial charge in [-0.3, -0.25) is 59.9 Å². The van der Waals surface area contributed by atoms with E-state index in [1.807, 2.05) is 202 Å². The number of para-hydroxylation sites is 12. The van der Waals surface area contributed by atoms with Crippen molar-refractivity contribution in [3.63, 3.8) is 0 Å². The second kappa shape index (κ2) is 41.4. The monoisotopic (exact) mass is 1820 g/mol. The summed E-state index contributed by atoms with van der Waals surface area (Å²) in [5.41, 5.74) is 46.1. The summed E-state index contributed by atoms with van der Waals surface area (Å²) in [6, 6.07) is 81.4. The molecular formula is C117H106ClFN18. The van der Waals surface area contributed by atoms with Crippen molar-refractivity contribution in [1.82, 2.24) is 59.8 Å². The van der Waals surface area contributed by atoms with Crippen LogP contribution in [-0.2, 0) is 82.5 Å². The molecule has 18 nitrogen and oxygen atoms in total. The molecule has 0 N–H and O–H groups in total. The number of fused-ring (bicyclic) bond motifs is 12. The lowest BCUT2D eigenvalue weighted by Crippen LogP contribution is -2.11. The van der Waals surface area contributed by atoms with Crippen molar-refractivity contribution in [2.24, 2.45) is 30.0 Å². The average Bonchev–Trinajstić information content (AvgIpc) is 1.67. The van der Waals surface area contributed by atoms with Crippen LogP contribution < -0.4 is 0 Å². The molecule has 6 aromatic heterocycles. The molecule has 0 unspecified atom stereocenters. The molecule has 0 aliphatic carbocycles. The van der Waals surface area contributed by atoms with Gasteiger partial charge in [0.15, 0.2) is 0 Å². The minimum Gasteiger partial charge on any atom is -0.257 e. The predicted molar refractivity (Wildman–Crippen MR) is 558 cm³/mol. The maximum Gasteiger partial charge on any atom is 0.128 e. The van der Waals surface area contributed by atoms with E-state index in [1.165, 1.54) is 84.7 Å². The van der Waals surface area contributed by atoms with Gasteiger partial charge in [0.25, 0.3) is 0 Å². The molecule has 137 heavy (non-hydrogen) atoms. The van der Waals surface area contributed by atoms with E-state index < -0.39 is 0 Å². The number of aromatic nitrogens is 12. The molecule has 0 saturated heterocycles. The van der Waals surface area contributed by atoms with Crippen LogP contribution in [0.2, 0.25) is 5.02 Å². The Morgan fingerprint density at radius 1 is 0.248 bits per heavy atom. The maximum atomic E-state index is 13.6. The zero-order valence-corrected chi connectivity index (χ0v) is 79.3. The second-order valence-electron chi connectivity index (χ2n) is 37.1. The van der Waals surface area contributed by atoms with E-state index in [-0.39, 0.29) is 11.2 Å². The summed E-state index contributed by atoms with van der Waals surface area (Å²) in [4.78, 5) is 83.3. The zero-order valence-electron chi connectivity index (χ0n) is 78.6. The molecule has 678 valence electrons. The smallest absolute Gasteiger partial charge is 0.128 e. The Balaban J connectivity index is 0.000000105. The number of rotatable bonds is 18. The van der Waals surface area contributed by atoms with E-state index in [9.17, 15) is 4.39 Å². The number of hydrogen-bond acceptors (Lipinski definition) is 18. The van der Waals surface area contributed by atoms with Crippen LogP contribution in [0.5, 0.6) is 0 Å². The molecule has 0 bridgehead atoms. The highest BCUT2D eigenvalue weighted by molar-refractivity contribution is 6.31. The van der Waals surface area contributed by atoms with Gasteiger partial charge in [-0.05, 0) is 287 Å². The molecule has 0 saturated carbocycles. The van der Waals surface area contributed by atoms with Gasteiger partial charge in [-0.2, -0.15) is 0 Å². The molecule has 12 aromatic carbocycles. The Morgan fingerprint density at radius 2 is 0.540 bits per heavy atom. The quantitative estimate of drug-likeness (QED) is 0.0781. The number of halogens is 2. The Hall–Kier alpha value is -15.1. The van der Waals surface area contributed by atoms with E-state index in [2.05, 4.69) is 180 Å². The summed E-state index contributed by atoms with van der Waals surface area (Å²) in [5, 5.41) is 0.786. The number of nitrogens with zero attached hydrogens (tertiary/aromatic N) is 18. The molecule has 0 radical (unpaired) electrons. The summed E-state index contributed by atoms with van der Waals surface area (Å²) < 4.78 is 13.6. The summed E-state index contributed by atoms with van der Waals surface area (Å²) in [7, 11) is 0. The van der Waals surface area contributed by atoms with Gasteiger partial charge in [-0.25, -0.2) is 34.3 Å². The fourth-order valence-corrected chi connectivity index (χ4v) is 18.0. The van der Waals surface area contributed by atoms with E-state index >= 15 is 0 Å². The van der Waals surface area contributed by atoms with Crippen molar-refractivity contribution >= 4 is 146 Å². The molecule has 18 aromatic rings. The van der Waals surface area contributed by atoms with Crippen LogP contribution in [0.4, 0.5) is 38.5 Å². The first-order valence-electron chi connectivity index (χ1n) is 47.3. The van der Waals surface area contributed by atoms with Gasteiger partial charge in [0, 0.05) is 121 Å². The van der Waals surface area contributed by atoms with Gasteiger partial charge in [0.1, 0.15) is 5.82 Å². The van der Waals surface area contributed by atoms with E-state index in [0.29, 0.717) is 5.56 Å². The molecule has 0 fully saturated rings. The fraction of sp³-hybridized carbons (Fsp3) is 0.231. The zero-order chi connectivity index (χ0) is 93.9. The van der Waals surface area contributed by atoms with Crippen LogP contribution >= 0.6 is 11.6 Å². The highest BCUT2D eigenvalue weighted by atomic mass is 35.5. The van der Waals surface area contributed by atoms with Crippen LogP contribution in [-0.4, -0.2) is 94.1 Å². The Labute approximate surface area is 803 Å². The SMILES string of the molecule is CC(C)(C)c1ccc2c(c1)CC(CCc1cnc3ccccc3n1)=N2.Cc1cc2c(cc1Cl)N=C(CCc1cnc3ccccc3n1)C2.Cc1cc2c(cc1F)N=C(CCc1cnc3ccccc3n1)C2.Cc1ccc2c(c1)N=C(CCc1cnc3ccccc3n1)C2.Cc1ccc2c(c1)N=C(CCc1cnc3ccccc3n1)C2.Cc1cccc2c1CC(CCc1cnc3ccccc3n1)=N2. The third kappa shape index (κ3) is 22.8. The minimum absolute atomic E-state index is 0.179. The first-order chi connectivity index (χ1) is 66.7. The second-order valence-corrected chi connectivity index (χ2v) is 37.5. The molecule has 0 atom stereocenters. The highest BCUT2D eigenvalue weighted by Crippen LogP contribution is 2.38. The minimum atomic E-state index is -0.186. The Morgan fingerprint density at radius 3 is 0.883 bits per heavy atom. The van der Waals surface area contributed by atoms with Crippen LogP contribution in [0.1, 0.15) is 160 Å². The van der Waals surface area contributed by atoms with Crippen LogP contribution in [0.15, 0.2) is 310 Å². The Kier molecular flexibility index (Phi) is 27.5. The molecule has 20 heteroatoms. The molecule has 0 amide bonds. The normalized spacial score (nSPS) is 13.3. The molecular weight excluding hydrogens is 1710 g/mol. The van der Waals surface area contributed by atoms with Crippen molar-refractivity contribution in [2.45, 2.75) is 176 Å². The standard InChI is InChI=1S/C22H23N3.C19H16ClN3.C19H16FN3.3C19H17N3/c1-22(2,3)16-8-11-19-15(12-16)13-17(24-19)9-10-18-14-23-20-6-4-5-7-21(20)25-18;2*1-12-8-13-9-14(22-19(13)10-16(12)20)6-7-15-11-21-17-4-2-3-5-18(17)23-15;1-13-5-4-8-17-16(13)11-14(21-17)9-10-15-12-20-18-6-2-3-7-19(18)22-15;2*1-13-6-7-14-11-15(21-19(14)10-13)8-9-16-12-20-17-4-2-3-5-18(17)22-16/h4-8,11-12,14H,9-10,13H2,1-3H3;2*2-5,8,10-11H,6-7,9H2,1H3;2-8,12H,9-11H2,1H3;2*2-7,10,12H,8-9,11H2,1H3. The van der Waals surface area contributed by atoms with Gasteiger partial charge in [-0.1, -0.05) is 166 Å². The van der Waals surface area contributed by atoms with Crippen molar-refractivity contribution in [2.75, 3.05) is 0 Å². The first-order valence-corrected chi connectivity index (χ1v) is 47.7. The Bertz CT molecular complexity index is 7540. The molecule has 6 aliphatic rings. The predicted octanol–water partition coefficient (Wildman–Crippen LogP) is 27.0. The topological polar surface area (TPSA) is 229 Å². The van der Waals surface area contributed by atoms with Gasteiger partial charge < -0.3 is 0 Å².